The van der Waals surface area contributed by atoms with Gasteiger partial charge in [0.15, 0.2) is 0 Å². The fourth-order valence-corrected chi connectivity index (χ4v) is 2.10. The van der Waals surface area contributed by atoms with E-state index in [4.69, 9.17) is 0 Å². The number of nitrogens with zero attached hydrogens (tertiary/aromatic N) is 1. The number of hydrogen-bond donors (Lipinski definition) is 0. The highest BCUT2D eigenvalue weighted by Crippen LogP contribution is 2.29. The lowest BCUT2D eigenvalue weighted by molar-refractivity contribution is 1.21. The van der Waals surface area contributed by atoms with E-state index in [9.17, 15) is 0 Å². The van der Waals surface area contributed by atoms with E-state index >= 15 is 0 Å². The van der Waals surface area contributed by atoms with Gasteiger partial charge in [0.25, 0.3) is 0 Å². The van der Waals surface area contributed by atoms with E-state index in [0.29, 0.717) is 0 Å². The molecule has 0 fully saturated rings. The average molecular weight is 261 g/mol. The van der Waals surface area contributed by atoms with Crippen LogP contribution in [0.2, 0.25) is 0 Å². The van der Waals surface area contributed by atoms with Gasteiger partial charge in [-0.25, -0.2) is 0 Å². The number of benzene rings is 2. The summed E-state index contributed by atoms with van der Waals surface area (Å²) in [4.78, 5) is 2.21. The maximum atomic E-state index is 3.82. The van der Waals surface area contributed by atoms with Gasteiger partial charge in [-0.15, -0.1) is 0 Å². The van der Waals surface area contributed by atoms with Crippen molar-refractivity contribution >= 4 is 11.4 Å². The summed E-state index contributed by atoms with van der Waals surface area (Å²) in [7, 11) is 0. The van der Waals surface area contributed by atoms with Gasteiger partial charge in [0.05, 0.1) is 0 Å². The summed E-state index contributed by atoms with van der Waals surface area (Å²) in [5.41, 5.74) is 3.34. The SMILES string of the molecule is C=CC=C(C=CC)N(c1ccccc1)c1ccccc1. The molecule has 0 aliphatic carbocycles. The van der Waals surface area contributed by atoms with Gasteiger partial charge in [0.2, 0.25) is 0 Å². The van der Waals surface area contributed by atoms with Crippen LogP contribution in [0.3, 0.4) is 0 Å². The second-order valence-corrected chi connectivity index (χ2v) is 4.33. The Kier molecular flexibility index (Phi) is 4.96. The number of anilines is 2. The molecule has 2 aromatic rings. The van der Waals surface area contributed by atoms with Crippen molar-refractivity contribution in [1.82, 2.24) is 0 Å². The molecule has 0 bridgehead atoms. The highest BCUT2D eigenvalue weighted by atomic mass is 15.1. The quantitative estimate of drug-likeness (QED) is 0.645. The highest BCUT2D eigenvalue weighted by Gasteiger charge is 2.11. The van der Waals surface area contributed by atoms with Crippen LogP contribution in [0.4, 0.5) is 11.4 Å². The zero-order valence-electron chi connectivity index (χ0n) is 11.7. The Hall–Kier alpha value is -2.54. The summed E-state index contributed by atoms with van der Waals surface area (Å²) in [6, 6.07) is 20.7. The lowest BCUT2D eigenvalue weighted by Gasteiger charge is -2.26. The van der Waals surface area contributed by atoms with Gasteiger partial charge >= 0.3 is 0 Å². The largest absolute Gasteiger partial charge is 0.311 e. The fraction of sp³-hybridized carbons (Fsp3) is 0.0526. The third kappa shape index (κ3) is 3.27. The molecule has 0 radical (unpaired) electrons. The lowest BCUT2D eigenvalue weighted by atomic mass is 10.2. The van der Waals surface area contributed by atoms with Crippen molar-refractivity contribution in [1.29, 1.82) is 0 Å². The first-order valence-electron chi connectivity index (χ1n) is 6.72. The fourth-order valence-electron chi connectivity index (χ4n) is 2.10. The molecule has 0 heterocycles. The smallest absolute Gasteiger partial charge is 0.0461 e. The van der Waals surface area contributed by atoms with E-state index < -0.39 is 0 Å². The molecule has 0 N–H and O–H groups in total. The van der Waals surface area contributed by atoms with Crippen molar-refractivity contribution < 1.29 is 0 Å². The van der Waals surface area contributed by atoms with E-state index in [0.717, 1.165) is 17.1 Å². The van der Waals surface area contributed by atoms with Crippen LogP contribution in [0.1, 0.15) is 6.92 Å². The molecule has 0 aliphatic heterocycles. The summed E-state index contributed by atoms with van der Waals surface area (Å²) in [5, 5.41) is 0. The Morgan fingerprint density at radius 1 is 0.900 bits per heavy atom. The lowest BCUT2D eigenvalue weighted by Crippen LogP contribution is -2.14. The predicted molar refractivity (Wildman–Crippen MR) is 88.1 cm³/mol. The van der Waals surface area contributed by atoms with Crippen LogP contribution >= 0.6 is 0 Å². The monoisotopic (exact) mass is 261 g/mol. The standard InChI is InChI=1S/C19H19N/c1-3-11-17(12-4-2)20(18-13-7-5-8-14-18)19-15-9-6-10-16-19/h3-16H,1H2,2H3. The van der Waals surface area contributed by atoms with E-state index in [2.05, 4.69) is 41.8 Å². The maximum absolute atomic E-state index is 3.82. The zero-order valence-corrected chi connectivity index (χ0v) is 11.7. The van der Waals surface area contributed by atoms with Crippen molar-refractivity contribution in [2.24, 2.45) is 0 Å². The van der Waals surface area contributed by atoms with Gasteiger partial charge in [-0.3, -0.25) is 0 Å². The molecular formula is C19H19N. The molecule has 2 rings (SSSR count). The normalized spacial score (nSPS) is 11.6. The Morgan fingerprint density at radius 2 is 1.40 bits per heavy atom. The van der Waals surface area contributed by atoms with Gasteiger partial charge in [-0.2, -0.15) is 0 Å². The summed E-state index contributed by atoms with van der Waals surface area (Å²) >= 11 is 0. The van der Waals surface area contributed by atoms with Crippen molar-refractivity contribution in [3.63, 3.8) is 0 Å². The van der Waals surface area contributed by atoms with E-state index in [1.807, 2.05) is 61.5 Å². The number of para-hydroxylation sites is 2. The molecule has 1 nitrogen and oxygen atoms in total. The summed E-state index contributed by atoms with van der Waals surface area (Å²) in [5.74, 6) is 0. The first-order valence-corrected chi connectivity index (χ1v) is 6.72. The molecule has 0 saturated carbocycles. The Labute approximate surface area is 121 Å². The van der Waals surface area contributed by atoms with Crippen LogP contribution in [-0.2, 0) is 0 Å². The van der Waals surface area contributed by atoms with Crippen LogP contribution in [0.15, 0.2) is 97.2 Å². The molecule has 0 aliphatic rings. The van der Waals surface area contributed by atoms with Crippen LogP contribution in [-0.4, -0.2) is 0 Å². The minimum Gasteiger partial charge on any atom is -0.311 e. The predicted octanol–water partition coefficient (Wildman–Crippen LogP) is 5.47. The van der Waals surface area contributed by atoms with Gasteiger partial charge in [-0.1, -0.05) is 55.1 Å². The molecule has 2 aromatic carbocycles. The van der Waals surface area contributed by atoms with Crippen molar-refractivity contribution in [3.8, 4) is 0 Å². The molecule has 100 valence electrons. The van der Waals surface area contributed by atoms with Crippen LogP contribution in [0.25, 0.3) is 0 Å². The molecule has 0 unspecified atom stereocenters. The number of rotatable bonds is 5. The highest BCUT2D eigenvalue weighted by molar-refractivity contribution is 5.70. The van der Waals surface area contributed by atoms with Gasteiger partial charge in [0.1, 0.15) is 0 Å². The molecule has 0 atom stereocenters. The van der Waals surface area contributed by atoms with Gasteiger partial charge < -0.3 is 4.90 Å². The maximum Gasteiger partial charge on any atom is 0.0461 e. The van der Waals surface area contributed by atoms with Crippen molar-refractivity contribution in [2.45, 2.75) is 6.92 Å². The van der Waals surface area contributed by atoms with E-state index in [-0.39, 0.29) is 0 Å². The third-order valence-electron chi connectivity index (χ3n) is 2.91. The second-order valence-electron chi connectivity index (χ2n) is 4.33. The second kappa shape index (κ2) is 7.15. The summed E-state index contributed by atoms with van der Waals surface area (Å²) < 4.78 is 0. The van der Waals surface area contributed by atoms with Crippen LogP contribution in [0, 0.1) is 0 Å². The first-order chi connectivity index (χ1) is 9.86. The minimum atomic E-state index is 1.08. The first kappa shape index (κ1) is 13.9. The van der Waals surface area contributed by atoms with Crippen molar-refractivity contribution in [2.75, 3.05) is 4.90 Å². The zero-order chi connectivity index (χ0) is 14.2. The van der Waals surface area contributed by atoms with Crippen LogP contribution < -0.4 is 4.90 Å². The number of allylic oxidation sites excluding steroid dienone is 4. The topological polar surface area (TPSA) is 3.24 Å². The van der Waals surface area contributed by atoms with Gasteiger partial charge in [-0.05, 0) is 43.3 Å². The Morgan fingerprint density at radius 3 is 1.80 bits per heavy atom. The number of hydrogen-bond acceptors (Lipinski definition) is 1. The molecule has 0 aromatic heterocycles. The van der Waals surface area contributed by atoms with E-state index in [1.165, 1.54) is 0 Å². The van der Waals surface area contributed by atoms with Crippen LogP contribution in [0.5, 0.6) is 0 Å². The molecule has 1 heteroatoms. The van der Waals surface area contributed by atoms with E-state index in [1.54, 1.807) is 0 Å². The average Bonchev–Trinajstić information content (AvgIpc) is 2.50. The third-order valence-corrected chi connectivity index (χ3v) is 2.91. The molecule has 20 heavy (non-hydrogen) atoms. The van der Waals surface area contributed by atoms with Crippen molar-refractivity contribution in [3.05, 3.63) is 97.2 Å². The molecule has 0 amide bonds. The van der Waals surface area contributed by atoms with Gasteiger partial charge in [0, 0.05) is 17.1 Å². The summed E-state index contributed by atoms with van der Waals surface area (Å²) in [6.45, 7) is 5.83. The molecule has 0 saturated heterocycles. The minimum absolute atomic E-state index is 1.08. The molecular weight excluding hydrogens is 242 g/mol. The summed E-state index contributed by atoms with van der Waals surface area (Å²) in [6.07, 6.45) is 7.95. The Balaban J connectivity index is 2.55. The molecule has 0 spiro atoms. The Bertz CT molecular complexity index is 555.